The maximum Gasteiger partial charge on any atom is 0.280 e. The third-order valence-corrected chi connectivity index (χ3v) is 5.03. The first-order valence-electron chi connectivity index (χ1n) is 8.98. The molecule has 0 amide bonds. The van der Waals surface area contributed by atoms with Crippen LogP contribution in [0.1, 0.15) is 42.1 Å². The fourth-order valence-corrected chi connectivity index (χ4v) is 3.73. The summed E-state index contributed by atoms with van der Waals surface area (Å²) >= 11 is 0. The molecule has 0 aliphatic carbocycles. The summed E-state index contributed by atoms with van der Waals surface area (Å²) < 4.78 is 33.4. The Hall–Kier alpha value is -2.61. The molecule has 1 aromatic carbocycles. The molecular formula is C19H21F2N5O. The normalized spacial score (nSPS) is 18.3. The molecule has 1 atom stereocenters. The number of hydrogen-bond acceptors (Lipinski definition) is 5. The lowest BCUT2D eigenvalue weighted by atomic mass is 9.93. The lowest BCUT2D eigenvalue weighted by Gasteiger charge is -2.32. The van der Waals surface area contributed by atoms with Gasteiger partial charge >= 0.3 is 0 Å². The van der Waals surface area contributed by atoms with Crippen LogP contribution in [-0.4, -0.2) is 44.7 Å². The van der Waals surface area contributed by atoms with Gasteiger partial charge in [-0.15, -0.1) is 0 Å². The number of halogens is 2. The number of aromatic nitrogens is 4. The van der Waals surface area contributed by atoms with Crippen LogP contribution in [0.15, 0.2) is 36.7 Å². The summed E-state index contributed by atoms with van der Waals surface area (Å²) in [5.41, 5.74) is 1.62. The van der Waals surface area contributed by atoms with E-state index < -0.39 is 6.43 Å². The summed E-state index contributed by atoms with van der Waals surface area (Å²) in [6.45, 7) is 2.48. The third kappa shape index (κ3) is 3.62. The van der Waals surface area contributed by atoms with Crippen molar-refractivity contribution in [1.29, 1.82) is 0 Å². The Morgan fingerprint density at radius 1 is 1.30 bits per heavy atom. The van der Waals surface area contributed by atoms with E-state index in [1.54, 1.807) is 7.11 Å². The second kappa shape index (κ2) is 7.56. The van der Waals surface area contributed by atoms with Gasteiger partial charge in [0.2, 0.25) is 0 Å². The van der Waals surface area contributed by atoms with Crippen LogP contribution < -0.4 is 4.74 Å². The zero-order chi connectivity index (χ0) is 18.8. The van der Waals surface area contributed by atoms with Gasteiger partial charge in [-0.3, -0.25) is 4.90 Å². The minimum absolute atomic E-state index is 0.0904. The number of benzene rings is 1. The summed E-state index contributed by atoms with van der Waals surface area (Å²) in [6, 6.07) is 9.42. The number of likely N-dealkylation sites (tertiary alicyclic amines) is 1. The third-order valence-electron chi connectivity index (χ3n) is 5.03. The molecule has 0 saturated carbocycles. The maximum atomic E-state index is 13.4. The zero-order valence-corrected chi connectivity index (χ0v) is 15.1. The van der Waals surface area contributed by atoms with E-state index in [0.29, 0.717) is 5.69 Å². The van der Waals surface area contributed by atoms with Gasteiger partial charge in [-0.05, 0) is 31.5 Å². The van der Waals surface area contributed by atoms with Crippen molar-refractivity contribution in [1.82, 2.24) is 24.5 Å². The number of para-hydroxylation sites is 1. The monoisotopic (exact) mass is 373 g/mol. The van der Waals surface area contributed by atoms with Crippen molar-refractivity contribution in [2.24, 2.45) is 0 Å². The Labute approximate surface area is 155 Å². The van der Waals surface area contributed by atoms with E-state index in [4.69, 9.17) is 4.74 Å². The summed E-state index contributed by atoms with van der Waals surface area (Å²) in [5.74, 6) is 1.18. The van der Waals surface area contributed by atoms with Crippen LogP contribution in [0.5, 0.6) is 5.75 Å². The first-order chi connectivity index (χ1) is 13.2. The predicted octanol–water partition coefficient (Wildman–Crippen LogP) is 3.45. The van der Waals surface area contributed by atoms with E-state index in [9.17, 15) is 8.78 Å². The van der Waals surface area contributed by atoms with Gasteiger partial charge in [0.1, 0.15) is 17.8 Å². The fourth-order valence-electron chi connectivity index (χ4n) is 3.73. The van der Waals surface area contributed by atoms with Crippen LogP contribution in [-0.2, 0) is 6.54 Å². The lowest BCUT2D eigenvalue weighted by Crippen LogP contribution is -2.34. The molecule has 0 unspecified atom stereocenters. The molecule has 3 heterocycles. The highest BCUT2D eigenvalue weighted by Crippen LogP contribution is 2.30. The van der Waals surface area contributed by atoms with Crippen molar-refractivity contribution in [3.05, 3.63) is 53.6 Å². The minimum atomic E-state index is -2.62. The molecule has 4 rings (SSSR count). The van der Waals surface area contributed by atoms with Gasteiger partial charge in [0.05, 0.1) is 12.8 Å². The van der Waals surface area contributed by atoms with Crippen molar-refractivity contribution in [2.45, 2.75) is 31.7 Å². The number of piperidine rings is 1. The van der Waals surface area contributed by atoms with E-state index >= 15 is 0 Å². The molecule has 0 radical (unpaired) electrons. The Kier molecular flexibility index (Phi) is 4.98. The molecular weight excluding hydrogens is 352 g/mol. The Morgan fingerprint density at radius 3 is 2.96 bits per heavy atom. The van der Waals surface area contributed by atoms with Gasteiger partial charge in [0.25, 0.3) is 12.2 Å². The van der Waals surface area contributed by atoms with Gasteiger partial charge in [-0.1, -0.05) is 18.2 Å². The average molecular weight is 373 g/mol. The maximum absolute atomic E-state index is 13.4. The predicted molar refractivity (Wildman–Crippen MR) is 96.0 cm³/mol. The smallest absolute Gasteiger partial charge is 0.280 e. The van der Waals surface area contributed by atoms with Crippen LogP contribution in [0.3, 0.4) is 0 Å². The second-order valence-electron chi connectivity index (χ2n) is 6.76. The van der Waals surface area contributed by atoms with E-state index in [1.165, 1.54) is 12.4 Å². The van der Waals surface area contributed by atoms with Crippen LogP contribution in [0.25, 0.3) is 5.78 Å². The fraction of sp³-hybridized carbons (Fsp3) is 0.421. The number of fused-ring (bicyclic) bond motifs is 1. The van der Waals surface area contributed by atoms with E-state index in [-0.39, 0.29) is 17.4 Å². The quantitative estimate of drug-likeness (QED) is 0.686. The number of hydrogen-bond donors (Lipinski definition) is 0. The number of methoxy groups -OCH3 is 1. The van der Waals surface area contributed by atoms with Crippen LogP contribution in [0.4, 0.5) is 8.78 Å². The highest BCUT2D eigenvalue weighted by molar-refractivity contribution is 5.34. The second-order valence-corrected chi connectivity index (χ2v) is 6.76. The van der Waals surface area contributed by atoms with Crippen LogP contribution >= 0.6 is 0 Å². The highest BCUT2D eigenvalue weighted by Gasteiger charge is 2.26. The first kappa shape index (κ1) is 17.8. The number of ether oxygens (including phenoxy) is 1. The molecule has 0 spiro atoms. The standard InChI is InChI=1S/C19H21F2N5O/c1-27-17-7-3-2-5-14(17)11-25-8-4-6-13(10-25)15-9-16(18(20)21)26-19(24-15)22-12-23-26/h2-3,5,7,9,12-13,18H,4,6,8,10-11H2,1H3/t13-/m0/s1. The molecule has 6 nitrogen and oxygen atoms in total. The Balaban J connectivity index is 1.57. The van der Waals surface area contributed by atoms with Gasteiger partial charge in [-0.25, -0.2) is 13.8 Å². The van der Waals surface area contributed by atoms with E-state index in [1.807, 2.05) is 18.2 Å². The van der Waals surface area contributed by atoms with Crippen molar-refractivity contribution in [3.63, 3.8) is 0 Å². The van der Waals surface area contributed by atoms with Crippen LogP contribution in [0.2, 0.25) is 0 Å². The van der Waals surface area contributed by atoms with Gasteiger partial charge in [-0.2, -0.15) is 14.6 Å². The molecule has 0 N–H and O–H groups in total. The highest BCUT2D eigenvalue weighted by atomic mass is 19.3. The summed E-state index contributed by atoms with van der Waals surface area (Å²) in [4.78, 5) is 10.8. The molecule has 27 heavy (non-hydrogen) atoms. The molecule has 1 aliphatic heterocycles. The summed E-state index contributed by atoms with van der Waals surface area (Å²) in [5, 5.41) is 3.85. The van der Waals surface area contributed by atoms with Crippen molar-refractivity contribution >= 4 is 5.78 Å². The van der Waals surface area contributed by atoms with Crippen molar-refractivity contribution < 1.29 is 13.5 Å². The molecule has 1 fully saturated rings. The van der Waals surface area contributed by atoms with Gasteiger partial charge < -0.3 is 4.74 Å². The molecule has 1 aliphatic rings. The van der Waals surface area contributed by atoms with Crippen molar-refractivity contribution in [2.75, 3.05) is 20.2 Å². The van der Waals surface area contributed by atoms with Gasteiger partial charge in [0, 0.05) is 24.6 Å². The molecule has 2 aromatic heterocycles. The topological polar surface area (TPSA) is 55.6 Å². The lowest BCUT2D eigenvalue weighted by molar-refractivity contribution is 0.142. The van der Waals surface area contributed by atoms with E-state index in [0.717, 1.165) is 48.3 Å². The number of nitrogens with zero attached hydrogens (tertiary/aromatic N) is 5. The van der Waals surface area contributed by atoms with Crippen LogP contribution in [0, 0.1) is 0 Å². The molecule has 3 aromatic rings. The zero-order valence-electron chi connectivity index (χ0n) is 15.1. The minimum Gasteiger partial charge on any atom is -0.496 e. The van der Waals surface area contributed by atoms with E-state index in [2.05, 4.69) is 26.0 Å². The number of alkyl halides is 2. The van der Waals surface area contributed by atoms with Crippen molar-refractivity contribution in [3.8, 4) is 5.75 Å². The summed E-state index contributed by atoms with van der Waals surface area (Å²) in [7, 11) is 1.67. The Bertz CT molecular complexity index is 929. The Morgan fingerprint density at radius 2 is 2.15 bits per heavy atom. The molecule has 142 valence electrons. The average Bonchev–Trinajstić information content (AvgIpc) is 3.16. The first-order valence-corrected chi connectivity index (χ1v) is 8.98. The molecule has 0 bridgehead atoms. The number of rotatable bonds is 5. The van der Waals surface area contributed by atoms with Gasteiger partial charge in [0.15, 0.2) is 0 Å². The molecule has 8 heteroatoms. The molecule has 1 saturated heterocycles. The summed E-state index contributed by atoms with van der Waals surface area (Å²) in [6.07, 6.45) is 0.544. The SMILES string of the molecule is COc1ccccc1CN1CCC[C@H](c2cc(C(F)F)n3ncnc3n2)C1. The largest absolute Gasteiger partial charge is 0.496 e.